The lowest BCUT2D eigenvalue weighted by Gasteiger charge is -2.41. The predicted molar refractivity (Wildman–Crippen MR) is 80.7 cm³/mol. The Labute approximate surface area is 119 Å². The second-order valence-electron chi connectivity index (χ2n) is 5.77. The predicted octanol–water partition coefficient (Wildman–Crippen LogP) is 2.22. The Balaban J connectivity index is 2.63. The third kappa shape index (κ3) is 3.92. The molecule has 1 saturated heterocycles. The van der Waals surface area contributed by atoms with Crippen LogP contribution >= 0.6 is 0 Å². The molecule has 1 N–H and O–H groups in total. The zero-order valence-corrected chi connectivity index (χ0v) is 13.7. The molecular formula is C14H30N2O2S. The minimum Gasteiger partial charge on any atom is -0.316 e. The third-order valence-corrected chi connectivity index (χ3v) is 7.10. The lowest BCUT2D eigenvalue weighted by Crippen LogP contribution is -2.47. The maximum Gasteiger partial charge on any atom is 0.217 e. The molecule has 1 unspecified atom stereocenters. The van der Waals surface area contributed by atoms with Gasteiger partial charge in [0.05, 0.1) is 5.25 Å². The van der Waals surface area contributed by atoms with Gasteiger partial charge in [0, 0.05) is 19.6 Å². The maximum atomic E-state index is 12.5. The summed E-state index contributed by atoms with van der Waals surface area (Å²) >= 11 is 0. The Morgan fingerprint density at radius 2 is 1.68 bits per heavy atom. The Morgan fingerprint density at radius 1 is 1.16 bits per heavy atom. The Morgan fingerprint density at radius 3 is 2.11 bits per heavy atom. The minimum atomic E-state index is -3.13. The van der Waals surface area contributed by atoms with Gasteiger partial charge in [-0.2, -0.15) is 0 Å². The molecule has 0 aromatic heterocycles. The summed E-state index contributed by atoms with van der Waals surface area (Å²) in [5.41, 5.74) is 0.372. The van der Waals surface area contributed by atoms with Crippen molar-refractivity contribution in [3.8, 4) is 0 Å². The van der Waals surface area contributed by atoms with E-state index in [1.165, 1.54) is 0 Å². The van der Waals surface area contributed by atoms with Crippen molar-refractivity contribution in [2.75, 3.05) is 26.2 Å². The topological polar surface area (TPSA) is 49.4 Å². The van der Waals surface area contributed by atoms with Gasteiger partial charge < -0.3 is 5.32 Å². The molecule has 0 aromatic carbocycles. The molecule has 5 heteroatoms. The SMILES string of the molecule is CCNCC(C)S(=O)(=O)N1CCC(CC)(CC)CC1. The smallest absolute Gasteiger partial charge is 0.217 e. The highest BCUT2D eigenvalue weighted by Crippen LogP contribution is 2.38. The van der Waals surface area contributed by atoms with Gasteiger partial charge in [-0.25, -0.2) is 12.7 Å². The molecule has 0 aliphatic carbocycles. The van der Waals surface area contributed by atoms with E-state index in [-0.39, 0.29) is 5.25 Å². The van der Waals surface area contributed by atoms with Crippen LogP contribution in [0.4, 0.5) is 0 Å². The average Bonchev–Trinajstić information content (AvgIpc) is 2.44. The first-order valence-corrected chi connectivity index (χ1v) is 9.12. The molecule has 1 heterocycles. The van der Waals surface area contributed by atoms with Gasteiger partial charge in [0.2, 0.25) is 10.0 Å². The van der Waals surface area contributed by atoms with E-state index in [9.17, 15) is 8.42 Å². The normalized spacial score (nSPS) is 22.3. The van der Waals surface area contributed by atoms with Crippen molar-refractivity contribution in [2.45, 2.75) is 58.6 Å². The molecule has 1 fully saturated rings. The molecule has 1 aliphatic rings. The second-order valence-corrected chi connectivity index (χ2v) is 8.12. The van der Waals surface area contributed by atoms with Crippen LogP contribution in [0.5, 0.6) is 0 Å². The van der Waals surface area contributed by atoms with Gasteiger partial charge in [0.25, 0.3) is 0 Å². The van der Waals surface area contributed by atoms with Crippen LogP contribution < -0.4 is 5.32 Å². The van der Waals surface area contributed by atoms with Crippen LogP contribution in [0.1, 0.15) is 53.4 Å². The standard InChI is InChI=1S/C14H30N2O2S/c1-5-14(6-2)8-10-16(11-9-14)19(17,18)13(4)12-15-7-3/h13,15H,5-12H2,1-4H3. The summed E-state index contributed by atoms with van der Waals surface area (Å²) in [6, 6.07) is 0. The van der Waals surface area contributed by atoms with Gasteiger partial charge in [-0.1, -0.05) is 33.6 Å². The molecular weight excluding hydrogens is 260 g/mol. The molecule has 4 nitrogen and oxygen atoms in total. The Kier molecular flexibility index (Phi) is 6.27. The molecule has 0 saturated carbocycles. The molecule has 114 valence electrons. The van der Waals surface area contributed by atoms with Gasteiger partial charge in [0.15, 0.2) is 0 Å². The van der Waals surface area contributed by atoms with Crippen LogP contribution in [0.3, 0.4) is 0 Å². The Bertz CT molecular complexity index is 354. The first-order chi connectivity index (χ1) is 8.91. The first-order valence-electron chi connectivity index (χ1n) is 7.61. The lowest BCUT2D eigenvalue weighted by molar-refractivity contribution is 0.141. The highest BCUT2D eigenvalue weighted by molar-refractivity contribution is 7.89. The van der Waals surface area contributed by atoms with E-state index in [2.05, 4.69) is 19.2 Å². The number of sulfonamides is 1. The zero-order chi connectivity index (χ0) is 14.5. The van der Waals surface area contributed by atoms with E-state index in [1.807, 2.05) is 6.92 Å². The van der Waals surface area contributed by atoms with Crippen molar-refractivity contribution in [3.63, 3.8) is 0 Å². The van der Waals surface area contributed by atoms with Gasteiger partial charge in [-0.3, -0.25) is 0 Å². The highest BCUT2D eigenvalue weighted by atomic mass is 32.2. The van der Waals surface area contributed by atoms with Crippen LogP contribution in [-0.2, 0) is 10.0 Å². The summed E-state index contributed by atoms with van der Waals surface area (Å²) in [7, 11) is -3.13. The summed E-state index contributed by atoms with van der Waals surface area (Å²) in [5, 5.41) is 2.80. The molecule has 0 spiro atoms. The fourth-order valence-corrected chi connectivity index (χ4v) is 4.41. The van der Waals surface area contributed by atoms with Crippen molar-refractivity contribution in [1.82, 2.24) is 9.62 Å². The van der Waals surface area contributed by atoms with Gasteiger partial charge in [0.1, 0.15) is 0 Å². The van der Waals surface area contributed by atoms with Gasteiger partial charge in [-0.05, 0) is 31.7 Å². The lowest BCUT2D eigenvalue weighted by atomic mass is 9.75. The van der Waals surface area contributed by atoms with Crippen LogP contribution in [0.15, 0.2) is 0 Å². The van der Waals surface area contributed by atoms with Crippen molar-refractivity contribution >= 4 is 10.0 Å². The van der Waals surface area contributed by atoms with Crippen molar-refractivity contribution in [3.05, 3.63) is 0 Å². The molecule has 19 heavy (non-hydrogen) atoms. The fourth-order valence-electron chi connectivity index (χ4n) is 2.88. The van der Waals surface area contributed by atoms with Crippen molar-refractivity contribution in [2.24, 2.45) is 5.41 Å². The van der Waals surface area contributed by atoms with E-state index in [0.29, 0.717) is 25.0 Å². The number of hydrogen-bond acceptors (Lipinski definition) is 3. The average molecular weight is 290 g/mol. The molecule has 1 aliphatic heterocycles. The Hall–Kier alpha value is -0.130. The summed E-state index contributed by atoms with van der Waals surface area (Å²) < 4.78 is 26.6. The number of rotatable bonds is 7. The van der Waals surface area contributed by atoms with Crippen molar-refractivity contribution < 1.29 is 8.42 Å². The van der Waals surface area contributed by atoms with Crippen LogP contribution in [-0.4, -0.2) is 44.2 Å². The largest absolute Gasteiger partial charge is 0.316 e. The quantitative estimate of drug-likeness (QED) is 0.782. The molecule has 1 atom stereocenters. The molecule has 0 amide bonds. The highest BCUT2D eigenvalue weighted by Gasteiger charge is 2.37. The van der Waals surface area contributed by atoms with E-state index >= 15 is 0 Å². The van der Waals surface area contributed by atoms with Crippen molar-refractivity contribution in [1.29, 1.82) is 0 Å². The van der Waals surface area contributed by atoms with E-state index in [4.69, 9.17) is 0 Å². The van der Waals surface area contributed by atoms with E-state index in [0.717, 1.165) is 32.2 Å². The second kappa shape index (κ2) is 7.04. The summed E-state index contributed by atoms with van der Waals surface area (Å²) in [6.45, 7) is 11.0. The maximum absolute atomic E-state index is 12.5. The van der Waals surface area contributed by atoms with Crippen LogP contribution in [0, 0.1) is 5.41 Å². The number of hydrogen-bond donors (Lipinski definition) is 1. The number of nitrogens with zero attached hydrogens (tertiary/aromatic N) is 1. The van der Waals surface area contributed by atoms with Crippen LogP contribution in [0.25, 0.3) is 0 Å². The molecule has 0 bridgehead atoms. The summed E-state index contributed by atoms with van der Waals surface area (Å²) in [6.07, 6.45) is 4.33. The molecule has 0 aromatic rings. The number of nitrogens with one attached hydrogen (secondary N) is 1. The zero-order valence-electron chi connectivity index (χ0n) is 12.9. The van der Waals surface area contributed by atoms with E-state index < -0.39 is 10.0 Å². The third-order valence-electron chi connectivity index (χ3n) is 4.83. The van der Waals surface area contributed by atoms with Gasteiger partial charge in [-0.15, -0.1) is 0 Å². The molecule has 0 radical (unpaired) electrons. The number of piperidine rings is 1. The van der Waals surface area contributed by atoms with Crippen LogP contribution in [0.2, 0.25) is 0 Å². The summed E-state index contributed by atoms with van der Waals surface area (Å²) in [5.74, 6) is 0. The van der Waals surface area contributed by atoms with E-state index in [1.54, 1.807) is 11.2 Å². The summed E-state index contributed by atoms with van der Waals surface area (Å²) in [4.78, 5) is 0. The molecule has 1 rings (SSSR count). The fraction of sp³-hybridized carbons (Fsp3) is 1.00. The first kappa shape index (κ1) is 16.9. The minimum absolute atomic E-state index is 0.330. The van der Waals surface area contributed by atoms with Gasteiger partial charge >= 0.3 is 0 Å². The monoisotopic (exact) mass is 290 g/mol.